The third kappa shape index (κ3) is 9.26. The molecule has 10 nitrogen and oxygen atoms in total. The fourth-order valence-corrected chi connectivity index (χ4v) is 22.0. The molecule has 2 N–H and O–H groups in total. The van der Waals surface area contributed by atoms with Crippen molar-refractivity contribution in [1.29, 1.82) is 0 Å². The van der Waals surface area contributed by atoms with Gasteiger partial charge in [0, 0.05) is 22.8 Å². The van der Waals surface area contributed by atoms with E-state index in [1.54, 1.807) is 11.1 Å². The summed E-state index contributed by atoms with van der Waals surface area (Å²) in [6.07, 6.45) is 25.4. The summed E-state index contributed by atoms with van der Waals surface area (Å²) in [4.78, 5) is 46.8. The summed E-state index contributed by atoms with van der Waals surface area (Å²) in [7, 11) is 0. The molecule has 0 radical (unpaired) electrons. The molecule has 10 rings (SSSR count). The maximum atomic E-state index is 12.2. The van der Waals surface area contributed by atoms with Gasteiger partial charge in [0.2, 0.25) is 0 Å². The molecule has 18 atom stereocenters. The Morgan fingerprint density at radius 1 is 0.474 bits per heavy atom. The molecular formula is C64H98Na2O10. The number of carbonyl (C=O) groups excluding carboxylic acids is 2. The van der Waals surface area contributed by atoms with Crippen LogP contribution in [0.4, 0.5) is 0 Å². The summed E-state index contributed by atoms with van der Waals surface area (Å²) in [5.41, 5.74) is 2.75. The molecule has 0 spiro atoms. The van der Waals surface area contributed by atoms with E-state index >= 15 is 0 Å². The summed E-state index contributed by atoms with van der Waals surface area (Å²) in [6.45, 7) is 32.7. The fraction of sp³-hybridized carbons (Fsp3) is 0.875. The van der Waals surface area contributed by atoms with Gasteiger partial charge in [0.05, 0.1) is 12.2 Å². The number of aliphatic carboxylic acids is 4. The van der Waals surface area contributed by atoms with E-state index in [2.05, 4.69) is 95.2 Å². The molecular weight excluding hydrogens is 975 g/mol. The largest absolute Gasteiger partial charge is 1.00 e. The van der Waals surface area contributed by atoms with Crippen molar-refractivity contribution in [2.75, 3.05) is 13.2 Å². The number of hydrogen-bond donors (Lipinski definition) is 2. The molecule has 76 heavy (non-hydrogen) atoms. The van der Waals surface area contributed by atoms with Gasteiger partial charge in [-0.05, 0) is 218 Å². The Morgan fingerprint density at radius 3 is 1.12 bits per heavy atom. The van der Waals surface area contributed by atoms with Gasteiger partial charge in [0.15, 0.2) is 0 Å². The molecule has 12 heteroatoms. The van der Waals surface area contributed by atoms with Crippen molar-refractivity contribution < 1.29 is 108 Å². The first kappa shape index (κ1) is 62.9. The molecule has 0 aromatic carbocycles. The standard InChI is InChI=1S/2C32H50O5.2Na/c2*1-27(2)22-10-13-32(7)23(30(22,5)12-11-24(27)37-19-25(33)34)9-8-20-21-18-29(4,26(35)36)15-14-28(21,3)16-17-31(20,32)6;;/h2*8,21-24H,9-19H2,1-7H3,(H,33,34)(H,35,36);;/q;;2*+1/p-2/t21-,22?,23?,24+,28-,29?,30+,31-,32-;21-,22?,23?,24-,28+,29?,30-,31+,32+;;/m10../s1. The van der Waals surface area contributed by atoms with Crippen LogP contribution < -0.4 is 69.3 Å². The molecule has 0 heterocycles. The van der Waals surface area contributed by atoms with Gasteiger partial charge in [-0.15, -0.1) is 0 Å². The number of carbonyl (C=O) groups is 4. The first-order valence-electron chi connectivity index (χ1n) is 29.6. The van der Waals surface area contributed by atoms with Crippen molar-refractivity contribution in [2.45, 2.75) is 238 Å². The van der Waals surface area contributed by atoms with Crippen molar-refractivity contribution >= 4 is 23.9 Å². The summed E-state index contributed by atoms with van der Waals surface area (Å²) in [6, 6.07) is 0. The van der Waals surface area contributed by atoms with Gasteiger partial charge in [-0.2, -0.15) is 0 Å². The van der Waals surface area contributed by atoms with Crippen LogP contribution in [0.1, 0.15) is 225 Å². The zero-order valence-corrected chi connectivity index (χ0v) is 54.5. The Morgan fingerprint density at radius 2 is 0.803 bits per heavy atom. The summed E-state index contributed by atoms with van der Waals surface area (Å²) < 4.78 is 11.9. The number of hydrogen-bond acceptors (Lipinski definition) is 8. The number of fused-ring (bicyclic) bond motifs is 14. The molecule has 0 saturated heterocycles. The van der Waals surface area contributed by atoms with Gasteiger partial charge in [-0.1, -0.05) is 120 Å². The minimum Gasteiger partial charge on any atom is -0.550 e. The predicted octanol–water partition coefficient (Wildman–Crippen LogP) is 6.02. The predicted molar refractivity (Wildman–Crippen MR) is 283 cm³/mol. The van der Waals surface area contributed by atoms with Crippen LogP contribution in [0.15, 0.2) is 23.3 Å². The quantitative estimate of drug-likeness (QED) is 0.216. The molecule has 10 aliphatic rings. The first-order chi connectivity index (χ1) is 34.1. The number of carboxylic acids is 4. The molecule has 0 aliphatic heterocycles. The summed E-state index contributed by atoms with van der Waals surface area (Å²) in [5, 5.41) is 42.8. The van der Waals surface area contributed by atoms with E-state index in [4.69, 9.17) is 9.47 Å². The second-order valence-electron chi connectivity index (χ2n) is 31.2. The van der Waals surface area contributed by atoms with Crippen LogP contribution in [-0.4, -0.2) is 59.5 Å². The first-order valence-corrected chi connectivity index (χ1v) is 29.6. The van der Waals surface area contributed by atoms with Gasteiger partial charge in [-0.3, -0.25) is 0 Å². The number of carboxylic acid groups (broad SMARTS) is 4. The summed E-state index contributed by atoms with van der Waals surface area (Å²) in [5.74, 6) is -0.770. The Labute approximate surface area is 502 Å². The van der Waals surface area contributed by atoms with Crippen molar-refractivity contribution in [3.63, 3.8) is 0 Å². The smallest absolute Gasteiger partial charge is 0.550 e. The Hall–Kier alpha value is -0.720. The maximum Gasteiger partial charge on any atom is 1.00 e. The topological polar surface area (TPSA) is 173 Å². The third-order valence-corrected chi connectivity index (χ3v) is 27.3. The van der Waals surface area contributed by atoms with Crippen molar-refractivity contribution in [3.8, 4) is 0 Å². The van der Waals surface area contributed by atoms with Crippen LogP contribution in [0.25, 0.3) is 0 Å². The van der Waals surface area contributed by atoms with Crippen LogP contribution in [0, 0.1) is 100 Å². The Bertz CT molecular complexity index is 2200. The van der Waals surface area contributed by atoms with E-state index in [0.29, 0.717) is 48.3 Å². The Kier molecular flexibility index (Phi) is 17.0. The number of rotatable bonds is 8. The fourth-order valence-electron chi connectivity index (χ4n) is 22.0. The monoisotopic (exact) mass is 1070 g/mol. The van der Waals surface area contributed by atoms with E-state index in [9.17, 15) is 39.6 Å². The average Bonchev–Trinajstić information content (AvgIpc) is 3.30. The zero-order chi connectivity index (χ0) is 54.5. The van der Waals surface area contributed by atoms with E-state index in [-0.39, 0.29) is 139 Å². The van der Waals surface area contributed by atoms with E-state index in [1.165, 1.54) is 38.5 Å². The van der Waals surface area contributed by atoms with Crippen LogP contribution in [0.2, 0.25) is 0 Å². The number of allylic oxidation sites excluding steroid dienone is 4. The molecule has 6 unspecified atom stereocenters. The van der Waals surface area contributed by atoms with Gasteiger partial charge in [0.1, 0.15) is 13.2 Å². The number of ether oxygens (including phenoxy) is 2. The van der Waals surface area contributed by atoms with Crippen molar-refractivity contribution in [3.05, 3.63) is 23.3 Å². The van der Waals surface area contributed by atoms with Crippen LogP contribution >= 0.6 is 0 Å². The van der Waals surface area contributed by atoms with E-state index < -0.39 is 34.7 Å². The summed E-state index contributed by atoms with van der Waals surface area (Å²) >= 11 is 0. The molecule has 8 saturated carbocycles. The van der Waals surface area contributed by atoms with Gasteiger partial charge >= 0.3 is 71.1 Å². The normalized spacial score (nSPS) is 49.2. The van der Waals surface area contributed by atoms with Crippen LogP contribution in [0.3, 0.4) is 0 Å². The molecule has 8 fully saturated rings. The van der Waals surface area contributed by atoms with E-state index in [1.807, 2.05) is 13.8 Å². The molecule has 0 amide bonds. The SMILES string of the molecule is CC1(C(=O)[O-])CC[C@]2(C)CC[C@]3(C)C(=CCC4[C@@]5(C)CC[C@H](OCC(=O)O)C(C)(C)C5CC[C@]43C)[C@@H]2C1.CC1(C(=O)[O-])CC[C@]2(C)CC[C@]3(C)C(=CCC4[C@@]5(C)CC[C@H](OCC(=O)O)C(C)(C)C5CC[C@]43C)[C@H]2C1.[Na+].[Na+]. The molecule has 0 bridgehead atoms. The van der Waals surface area contributed by atoms with Crippen LogP contribution in [0.5, 0.6) is 0 Å². The van der Waals surface area contributed by atoms with Gasteiger partial charge in [0.25, 0.3) is 0 Å². The second-order valence-corrected chi connectivity index (χ2v) is 31.2. The molecule has 0 aromatic rings. The Balaban J connectivity index is 0.000000216. The minimum atomic E-state index is -0.889. The van der Waals surface area contributed by atoms with Crippen molar-refractivity contribution in [2.24, 2.45) is 100 Å². The zero-order valence-electron chi connectivity index (χ0n) is 50.5. The second kappa shape index (κ2) is 20.6. The van der Waals surface area contributed by atoms with Gasteiger partial charge < -0.3 is 39.5 Å². The van der Waals surface area contributed by atoms with Crippen LogP contribution in [-0.2, 0) is 28.7 Å². The minimum absolute atomic E-state index is 0. The maximum absolute atomic E-state index is 12.2. The van der Waals surface area contributed by atoms with E-state index in [0.717, 1.165) is 77.0 Å². The third-order valence-electron chi connectivity index (χ3n) is 27.3. The molecule has 10 aliphatic carbocycles. The van der Waals surface area contributed by atoms with Gasteiger partial charge in [-0.25, -0.2) is 9.59 Å². The van der Waals surface area contributed by atoms with Crippen molar-refractivity contribution in [1.82, 2.24) is 0 Å². The molecule has 0 aromatic heterocycles. The molecule has 416 valence electrons. The average molecular weight is 1070 g/mol.